The SMILES string of the molecule is CC1COc2cc(C(=O)NO)ccc2CN1C(=O)C1CCCC1. The first-order valence-electron chi connectivity index (χ1n) is 8.11. The van der Waals surface area contributed by atoms with Gasteiger partial charge in [0.1, 0.15) is 12.4 Å². The summed E-state index contributed by atoms with van der Waals surface area (Å²) >= 11 is 0. The highest BCUT2D eigenvalue weighted by molar-refractivity contribution is 5.93. The van der Waals surface area contributed by atoms with E-state index in [1.54, 1.807) is 23.7 Å². The molecular weight excluding hydrogens is 296 g/mol. The van der Waals surface area contributed by atoms with Crippen molar-refractivity contribution < 1.29 is 19.5 Å². The number of hydroxylamine groups is 1. The number of carbonyl (C=O) groups excluding carboxylic acids is 2. The standard InChI is InChI=1S/C17H22N2O4/c1-11-10-23-15-8-13(16(20)18-22)6-7-14(15)9-19(11)17(21)12-4-2-3-5-12/h6-8,11-12,22H,2-5,9-10H2,1H3,(H,18,20). The molecule has 1 heterocycles. The lowest BCUT2D eigenvalue weighted by molar-refractivity contribution is -0.138. The van der Waals surface area contributed by atoms with Gasteiger partial charge in [0.25, 0.3) is 5.91 Å². The maximum atomic E-state index is 12.8. The van der Waals surface area contributed by atoms with Gasteiger partial charge in [0.15, 0.2) is 0 Å². The number of hydrogen-bond acceptors (Lipinski definition) is 4. The predicted molar refractivity (Wildman–Crippen MR) is 83.2 cm³/mol. The van der Waals surface area contributed by atoms with E-state index in [9.17, 15) is 9.59 Å². The molecule has 124 valence electrons. The fourth-order valence-electron chi connectivity index (χ4n) is 3.37. The van der Waals surface area contributed by atoms with Crippen LogP contribution in [-0.4, -0.2) is 34.6 Å². The highest BCUT2D eigenvalue weighted by Gasteiger charge is 2.32. The first-order valence-corrected chi connectivity index (χ1v) is 8.11. The molecular formula is C17H22N2O4. The number of fused-ring (bicyclic) bond motifs is 1. The molecule has 1 aliphatic heterocycles. The third-order valence-electron chi connectivity index (χ3n) is 4.77. The smallest absolute Gasteiger partial charge is 0.274 e. The van der Waals surface area contributed by atoms with Gasteiger partial charge in [0.2, 0.25) is 5.91 Å². The Kier molecular flexibility index (Phi) is 4.52. The van der Waals surface area contributed by atoms with E-state index in [1.165, 1.54) is 0 Å². The van der Waals surface area contributed by atoms with Gasteiger partial charge >= 0.3 is 0 Å². The monoisotopic (exact) mass is 318 g/mol. The maximum Gasteiger partial charge on any atom is 0.274 e. The molecule has 3 rings (SSSR count). The lowest BCUT2D eigenvalue weighted by Gasteiger charge is -2.29. The molecule has 1 aromatic rings. The first-order chi connectivity index (χ1) is 11.1. The van der Waals surface area contributed by atoms with Crippen molar-refractivity contribution in [3.8, 4) is 5.75 Å². The van der Waals surface area contributed by atoms with Gasteiger partial charge in [-0.1, -0.05) is 18.9 Å². The molecule has 6 heteroatoms. The summed E-state index contributed by atoms with van der Waals surface area (Å²) in [5.74, 6) is 0.370. The topological polar surface area (TPSA) is 78.9 Å². The number of carbonyl (C=O) groups is 2. The second-order valence-electron chi connectivity index (χ2n) is 6.37. The molecule has 2 amide bonds. The van der Waals surface area contributed by atoms with Crippen molar-refractivity contribution in [2.75, 3.05) is 6.61 Å². The van der Waals surface area contributed by atoms with Gasteiger partial charge in [-0.3, -0.25) is 14.8 Å². The van der Waals surface area contributed by atoms with Crippen LogP contribution >= 0.6 is 0 Å². The van der Waals surface area contributed by atoms with E-state index in [2.05, 4.69) is 0 Å². The van der Waals surface area contributed by atoms with E-state index in [1.807, 2.05) is 11.8 Å². The molecule has 1 atom stereocenters. The predicted octanol–water partition coefficient (Wildman–Crippen LogP) is 2.11. The summed E-state index contributed by atoms with van der Waals surface area (Å²) < 4.78 is 5.78. The Balaban J connectivity index is 1.83. The second-order valence-corrected chi connectivity index (χ2v) is 6.37. The number of nitrogens with one attached hydrogen (secondary N) is 1. The van der Waals surface area contributed by atoms with Crippen LogP contribution in [0.25, 0.3) is 0 Å². The number of benzene rings is 1. The Morgan fingerprint density at radius 3 is 2.74 bits per heavy atom. The summed E-state index contributed by atoms with van der Waals surface area (Å²) in [6.45, 7) is 2.88. The molecule has 1 saturated carbocycles. The van der Waals surface area contributed by atoms with E-state index in [0.29, 0.717) is 24.5 Å². The molecule has 1 fully saturated rings. The molecule has 0 bridgehead atoms. The fourth-order valence-corrected chi connectivity index (χ4v) is 3.37. The Morgan fingerprint density at radius 1 is 1.30 bits per heavy atom. The third-order valence-corrected chi connectivity index (χ3v) is 4.77. The molecule has 0 saturated heterocycles. The van der Waals surface area contributed by atoms with Crippen LogP contribution in [0.3, 0.4) is 0 Å². The average molecular weight is 318 g/mol. The van der Waals surface area contributed by atoms with Crippen LogP contribution in [0.15, 0.2) is 18.2 Å². The largest absolute Gasteiger partial charge is 0.491 e. The number of hydrogen-bond donors (Lipinski definition) is 2. The summed E-state index contributed by atoms with van der Waals surface area (Å²) in [6.07, 6.45) is 4.22. The van der Waals surface area contributed by atoms with Gasteiger partial charge in [-0.05, 0) is 31.9 Å². The van der Waals surface area contributed by atoms with E-state index in [-0.39, 0.29) is 17.9 Å². The fraction of sp³-hybridized carbons (Fsp3) is 0.529. The van der Waals surface area contributed by atoms with Gasteiger partial charge < -0.3 is 9.64 Å². The summed E-state index contributed by atoms with van der Waals surface area (Å²) in [5.41, 5.74) is 2.83. The minimum Gasteiger partial charge on any atom is -0.491 e. The van der Waals surface area contributed by atoms with Crippen molar-refractivity contribution in [1.82, 2.24) is 10.4 Å². The minimum absolute atomic E-state index is 0.00869. The molecule has 0 spiro atoms. The zero-order valence-electron chi connectivity index (χ0n) is 13.2. The number of amides is 2. The van der Waals surface area contributed by atoms with E-state index in [4.69, 9.17) is 9.94 Å². The molecule has 1 unspecified atom stereocenters. The van der Waals surface area contributed by atoms with Crippen LogP contribution in [0.1, 0.15) is 48.5 Å². The minimum atomic E-state index is -0.576. The van der Waals surface area contributed by atoms with Gasteiger partial charge in [0.05, 0.1) is 6.04 Å². The average Bonchev–Trinajstić information content (AvgIpc) is 3.05. The molecule has 0 aromatic heterocycles. The Labute approximate surface area is 135 Å². The lowest BCUT2D eigenvalue weighted by atomic mass is 10.0. The van der Waals surface area contributed by atoms with Gasteiger partial charge in [-0.15, -0.1) is 0 Å². The van der Waals surface area contributed by atoms with Crippen LogP contribution in [0, 0.1) is 5.92 Å². The highest BCUT2D eigenvalue weighted by Crippen LogP contribution is 2.31. The molecule has 2 N–H and O–H groups in total. The normalized spacial score (nSPS) is 21.3. The molecule has 6 nitrogen and oxygen atoms in total. The zero-order chi connectivity index (χ0) is 16.4. The van der Waals surface area contributed by atoms with E-state index in [0.717, 1.165) is 31.2 Å². The van der Waals surface area contributed by atoms with Gasteiger partial charge in [0, 0.05) is 23.6 Å². The van der Waals surface area contributed by atoms with Crippen LogP contribution in [0.4, 0.5) is 0 Å². The van der Waals surface area contributed by atoms with Gasteiger partial charge in [-0.25, -0.2) is 5.48 Å². The number of rotatable bonds is 2. The quantitative estimate of drug-likeness (QED) is 0.646. The first kappa shape index (κ1) is 15.8. The summed E-state index contributed by atoms with van der Waals surface area (Å²) in [6, 6.07) is 5.01. The Morgan fingerprint density at radius 2 is 2.04 bits per heavy atom. The second kappa shape index (κ2) is 6.58. The van der Waals surface area contributed by atoms with Crippen molar-refractivity contribution >= 4 is 11.8 Å². The van der Waals surface area contributed by atoms with Crippen molar-refractivity contribution in [2.45, 2.75) is 45.2 Å². The third kappa shape index (κ3) is 3.17. The molecule has 1 aliphatic carbocycles. The van der Waals surface area contributed by atoms with Crippen molar-refractivity contribution in [2.24, 2.45) is 5.92 Å². The zero-order valence-corrected chi connectivity index (χ0v) is 13.2. The lowest BCUT2D eigenvalue weighted by Crippen LogP contribution is -2.42. The van der Waals surface area contributed by atoms with Crippen LogP contribution in [-0.2, 0) is 11.3 Å². The number of nitrogens with zero attached hydrogens (tertiary/aromatic N) is 1. The summed E-state index contributed by atoms with van der Waals surface area (Å²) in [4.78, 5) is 26.2. The van der Waals surface area contributed by atoms with Crippen molar-refractivity contribution in [3.05, 3.63) is 29.3 Å². The Hall–Kier alpha value is -2.08. The van der Waals surface area contributed by atoms with Gasteiger partial charge in [-0.2, -0.15) is 0 Å². The van der Waals surface area contributed by atoms with Crippen LogP contribution < -0.4 is 10.2 Å². The molecule has 1 aromatic carbocycles. The van der Waals surface area contributed by atoms with Crippen LogP contribution in [0.5, 0.6) is 5.75 Å². The van der Waals surface area contributed by atoms with Crippen LogP contribution in [0.2, 0.25) is 0 Å². The highest BCUT2D eigenvalue weighted by atomic mass is 16.5. The number of ether oxygens (including phenoxy) is 1. The molecule has 0 radical (unpaired) electrons. The Bertz CT molecular complexity index is 611. The summed E-state index contributed by atoms with van der Waals surface area (Å²) in [5, 5.41) is 8.73. The summed E-state index contributed by atoms with van der Waals surface area (Å²) in [7, 11) is 0. The van der Waals surface area contributed by atoms with E-state index < -0.39 is 5.91 Å². The van der Waals surface area contributed by atoms with Crippen molar-refractivity contribution in [3.63, 3.8) is 0 Å². The molecule has 2 aliphatic rings. The van der Waals surface area contributed by atoms with E-state index >= 15 is 0 Å². The van der Waals surface area contributed by atoms with Crippen molar-refractivity contribution in [1.29, 1.82) is 0 Å². The molecule has 23 heavy (non-hydrogen) atoms. The maximum absolute atomic E-state index is 12.8.